The van der Waals surface area contributed by atoms with Gasteiger partial charge in [-0.05, 0) is 42.5 Å². The van der Waals surface area contributed by atoms with Gasteiger partial charge < -0.3 is 9.64 Å². The summed E-state index contributed by atoms with van der Waals surface area (Å²) in [6, 6.07) is 16.0. The largest absolute Gasteiger partial charge is 0.489 e. The number of hydrogen-bond donors (Lipinski definition) is 0. The molecule has 0 atom stereocenters. The Kier molecular flexibility index (Phi) is 5.89. The molecular weight excluding hydrogens is 310 g/mol. The van der Waals surface area contributed by atoms with Crippen LogP contribution in [0.25, 0.3) is 6.08 Å². The summed E-state index contributed by atoms with van der Waals surface area (Å²) in [5, 5.41) is 0. The molecule has 1 fully saturated rings. The molecule has 1 amide bonds. The van der Waals surface area contributed by atoms with Gasteiger partial charge in [0, 0.05) is 18.7 Å². The first-order valence-electron chi connectivity index (χ1n) is 8.96. The molecule has 0 aliphatic carbocycles. The highest BCUT2D eigenvalue weighted by molar-refractivity contribution is 5.80. The van der Waals surface area contributed by atoms with Crippen molar-refractivity contribution in [2.24, 2.45) is 0 Å². The number of hydrogen-bond acceptors (Lipinski definition) is 2. The van der Waals surface area contributed by atoms with E-state index in [9.17, 15) is 4.79 Å². The van der Waals surface area contributed by atoms with Crippen molar-refractivity contribution in [3.63, 3.8) is 0 Å². The Labute approximate surface area is 149 Å². The lowest BCUT2D eigenvalue weighted by Crippen LogP contribution is -2.36. The minimum atomic E-state index is 0.186. The summed E-state index contributed by atoms with van der Waals surface area (Å²) in [5.74, 6) is 0.963. The van der Waals surface area contributed by atoms with E-state index in [0.717, 1.165) is 48.4 Å². The number of carbonyl (C=O) groups is 1. The Morgan fingerprint density at radius 3 is 2.56 bits per heavy atom. The standard InChI is InChI=1S/C22H25NO2/c1-2-18-11-12-21(25-17-19-9-5-3-6-10-19)20(15-18)16-22(24)23-13-7-4-8-14-23/h2-3,5-6,9-12,15H,1,4,7-8,13-14,16-17H2. The average Bonchev–Trinajstić information content (AvgIpc) is 2.68. The number of piperidine rings is 1. The molecule has 1 aliphatic heterocycles. The molecule has 2 aromatic carbocycles. The zero-order valence-corrected chi connectivity index (χ0v) is 14.6. The van der Waals surface area contributed by atoms with Crippen molar-refractivity contribution in [2.45, 2.75) is 32.3 Å². The number of rotatable bonds is 6. The highest BCUT2D eigenvalue weighted by Gasteiger charge is 2.18. The van der Waals surface area contributed by atoms with Gasteiger partial charge in [0.1, 0.15) is 12.4 Å². The van der Waals surface area contributed by atoms with Gasteiger partial charge in [-0.15, -0.1) is 0 Å². The van der Waals surface area contributed by atoms with Crippen LogP contribution in [0.5, 0.6) is 5.75 Å². The van der Waals surface area contributed by atoms with Crippen LogP contribution >= 0.6 is 0 Å². The highest BCUT2D eigenvalue weighted by atomic mass is 16.5. The van der Waals surface area contributed by atoms with E-state index in [1.165, 1.54) is 6.42 Å². The highest BCUT2D eigenvalue weighted by Crippen LogP contribution is 2.24. The Bertz CT molecular complexity index is 718. The van der Waals surface area contributed by atoms with Crippen molar-refractivity contribution in [3.8, 4) is 5.75 Å². The first-order valence-corrected chi connectivity index (χ1v) is 8.96. The van der Waals surface area contributed by atoms with Crippen molar-refractivity contribution in [3.05, 3.63) is 71.8 Å². The maximum Gasteiger partial charge on any atom is 0.227 e. The summed E-state index contributed by atoms with van der Waals surface area (Å²) in [7, 11) is 0. The molecule has 3 heteroatoms. The van der Waals surface area contributed by atoms with Crippen LogP contribution in [0.3, 0.4) is 0 Å². The molecule has 25 heavy (non-hydrogen) atoms. The second-order valence-corrected chi connectivity index (χ2v) is 6.46. The van der Waals surface area contributed by atoms with Crippen LogP contribution in [0.1, 0.15) is 36.0 Å². The number of amides is 1. The first-order chi connectivity index (χ1) is 12.3. The van der Waals surface area contributed by atoms with Gasteiger partial charge in [-0.3, -0.25) is 4.79 Å². The van der Waals surface area contributed by atoms with Crippen LogP contribution in [0, 0.1) is 0 Å². The maximum absolute atomic E-state index is 12.6. The SMILES string of the molecule is C=Cc1ccc(OCc2ccccc2)c(CC(=O)N2CCCCC2)c1. The van der Waals surface area contributed by atoms with Crippen LogP contribution in [0.15, 0.2) is 55.1 Å². The third-order valence-corrected chi connectivity index (χ3v) is 4.61. The summed E-state index contributed by atoms with van der Waals surface area (Å²) < 4.78 is 6.01. The monoisotopic (exact) mass is 335 g/mol. The van der Waals surface area contributed by atoms with Crippen molar-refractivity contribution in [1.82, 2.24) is 4.90 Å². The fourth-order valence-corrected chi connectivity index (χ4v) is 3.16. The van der Waals surface area contributed by atoms with Gasteiger partial charge in [-0.25, -0.2) is 0 Å². The topological polar surface area (TPSA) is 29.5 Å². The number of nitrogens with zero attached hydrogens (tertiary/aromatic N) is 1. The third kappa shape index (κ3) is 4.72. The minimum absolute atomic E-state index is 0.186. The maximum atomic E-state index is 12.6. The van der Waals surface area contributed by atoms with E-state index in [1.54, 1.807) is 6.08 Å². The molecule has 0 aromatic heterocycles. The van der Waals surface area contributed by atoms with E-state index in [4.69, 9.17) is 4.74 Å². The normalized spacial score (nSPS) is 14.2. The van der Waals surface area contributed by atoms with Gasteiger partial charge in [-0.1, -0.05) is 49.1 Å². The quantitative estimate of drug-likeness (QED) is 0.780. The second-order valence-electron chi connectivity index (χ2n) is 6.46. The lowest BCUT2D eigenvalue weighted by molar-refractivity contribution is -0.131. The first kappa shape index (κ1) is 17.3. The fraction of sp³-hybridized carbons (Fsp3) is 0.318. The minimum Gasteiger partial charge on any atom is -0.489 e. The molecule has 0 N–H and O–H groups in total. The van der Waals surface area contributed by atoms with E-state index in [0.29, 0.717) is 13.0 Å². The molecule has 0 unspecified atom stereocenters. The van der Waals surface area contributed by atoms with E-state index >= 15 is 0 Å². The van der Waals surface area contributed by atoms with Crippen LogP contribution in [-0.2, 0) is 17.8 Å². The summed E-state index contributed by atoms with van der Waals surface area (Å²) in [5.41, 5.74) is 3.06. The molecule has 0 saturated carbocycles. The van der Waals surface area contributed by atoms with Crippen LogP contribution in [0.2, 0.25) is 0 Å². The molecule has 1 aliphatic rings. The fourth-order valence-electron chi connectivity index (χ4n) is 3.16. The Balaban J connectivity index is 1.73. The van der Waals surface area contributed by atoms with Crippen LogP contribution in [0.4, 0.5) is 0 Å². The molecule has 3 rings (SSSR count). The number of benzene rings is 2. The van der Waals surface area contributed by atoms with Crippen molar-refractivity contribution >= 4 is 12.0 Å². The Morgan fingerprint density at radius 1 is 1.08 bits per heavy atom. The molecule has 130 valence electrons. The van der Waals surface area contributed by atoms with Crippen molar-refractivity contribution < 1.29 is 9.53 Å². The third-order valence-electron chi connectivity index (χ3n) is 4.61. The molecule has 0 spiro atoms. The Morgan fingerprint density at radius 2 is 1.84 bits per heavy atom. The van der Waals surface area contributed by atoms with Gasteiger partial charge in [0.2, 0.25) is 5.91 Å². The van der Waals surface area contributed by atoms with Crippen molar-refractivity contribution in [2.75, 3.05) is 13.1 Å². The van der Waals surface area contributed by atoms with E-state index in [1.807, 2.05) is 53.4 Å². The Hall–Kier alpha value is -2.55. The predicted octanol–water partition coefficient (Wildman–Crippen LogP) is 4.46. The van der Waals surface area contributed by atoms with E-state index < -0.39 is 0 Å². The molecule has 1 heterocycles. The number of likely N-dealkylation sites (tertiary alicyclic amines) is 1. The van der Waals surface area contributed by atoms with E-state index in [2.05, 4.69) is 6.58 Å². The predicted molar refractivity (Wildman–Crippen MR) is 101 cm³/mol. The zero-order valence-electron chi connectivity index (χ0n) is 14.6. The molecule has 0 bridgehead atoms. The zero-order chi connectivity index (χ0) is 17.5. The van der Waals surface area contributed by atoms with Gasteiger partial charge in [-0.2, -0.15) is 0 Å². The molecule has 2 aromatic rings. The summed E-state index contributed by atoms with van der Waals surface area (Å²) in [6.45, 7) is 6.08. The average molecular weight is 335 g/mol. The smallest absolute Gasteiger partial charge is 0.227 e. The van der Waals surface area contributed by atoms with Crippen LogP contribution < -0.4 is 4.74 Å². The van der Waals surface area contributed by atoms with E-state index in [-0.39, 0.29) is 5.91 Å². The molecular formula is C22H25NO2. The van der Waals surface area contributed by atoms with Gasteiger partial charge in [0.05, 0.1) is 6.42 Å². The van der Waals surface area contributed by atoms with Crippen LogP contribution in [-0.4, -0.2) is 23.9 Å². The van der Waals surface area contributed by atoms with Gasteiger partial charge in [0.15, 0.2) is 0 Å². The lowest BCUT2D eigenvalue weighted by Gasteiger charge is -2.27. The van der Waals surface area contributed by atoms with Gasteiger partial charge >= 0.3 is 0 Å². The lowest BCUT2D eigenvalue weighted by atomic mass is 10.0. The summed E-state index contributed by atoms with van der Waals surface area (Å²) in [4.78, 5) is 14.6. The molecule has 3 nitrogen and oxygen atoms in total. The number of ether oxygens (including phenoxy) is 1. The summed E-state index contributed by atoms with van der Waals surface area (Å²) >= 11 is 0. The molecule has 1 saturated heterocycles. The second kappa shape index (κ2) is 8.52. The van der Waals surface area contributed by atoms with Gasteiger partial charge in [0.25, 0.3) is 0 Å². The molecule has 0 radical (unpaired) electrons. The van der Waals surface area contributed by atoms with Crippen molar-refractivity contribution in [1.29, 1.82) is 0 Å². The summed E-state index contributed by atoms with van der Waals surface area (Å²) in [6.07, 6.45) is 5.62. The number of carbonyl (C=O) groups excluding carboxylic acids is 1.